The first-order valence-electron chi connectivity index (χ1n) is 11.8. The molecule has 0 saturated heterocycles. The van der Waals surface area contributed by atoms with Gasteiger partial charge in [0.2, 0.25) is 5.88 Å². The zero-order valence-electron chi connectivity index (χ0n) is 20.0. The summed E-state index contributed by atoms with van der Waals surface area (Å²) < 4.78 is 17.3. The van der Waals surface area contributed by atoms with Crippen molar-refractivity contribution >= 4 is 6.08 Å². The lowest BCUT2D eigenvalue weighted by Gasteiger charge is -2.38. The Morgan fingerprint density at radius 1 is 1.00 bits per heavy atom. The Morgan fingerprint density at radius 3 is 2.18 bits per heavy atom. The normalized spacial score (nSPS) is 19.5. The number of hydrogen-bond acceptors (Lipinski definition) is 6. The smallest absolute Gasteiger partial charge is 0.205 e. The Morgan fingerprint density at radius 2 is 1.62 bits per heavy atom. The molecule has 2 heterocycles. The second-order valence-corrected chi connectivity index (χ2v) is 8.26. The fourth-order valence-electron chi connectivity index (χ4n) is 4.50. The van der Waals surface area contributed by atoms with Gasteiger partial charge in [-0.1, -0.05) is 31.2 Å². The van der Waals surface area contributed by atoms with E-state index in [0.29, 0.717) is 25.3 Å². The van der Waals surface area contributed by atoms with Crippen LogP contribution in [0.4, 0.5) is 0 Å². The van der Waals surface area contributed by atoms with E-state index in [9.17, 15) is 5.26 Å². The van der Waals surface area contributed by atoms with Crippen molar-refractivity contribution in [3.05, 3.63) is 88.0 Å². The Bertz CT molecular complexity index is 1150. The van der Waals surface area contributed by atoms with E-state index in [1.165, 1.54) is 0 Å². The first-order valence-corrected chi connectivity index (χ1v) is 11.8. The summed E-state index contributed by atoms with van der Waals surface area (Å²) in [6.07, 6.45) is 2.13. The molecular formula is C28H31N3O3. The third-order valence-corrected chi connectivity index (χ3v) is 6.11. The Labute approximate surface area is 201 Å². The third-order valence-electron chi connectivity index (χ3n) is 6.11. The molecule has 6 heteroatoms. The van der Waals surface area contributed by atoms with Gasteiger partial charge in [0.25, 0.3) is 0 Å². The van der Waals surface area contributed by atoms with Crippen molar-refractivity contribution in [2.45, 2.75) is 26.7 Å². The Hall–Kier alpha value is -3.69. The minimum atomic E-state index is -0.262. The highest BCUT2D eigenvalue weighted by Gasteiger charge is 2.37. The predicted octanol–water partition coefficient (Wildman–Crippen LogP) is 4.96. The molecule has 0 amide bonds. The van der Waals surface area contributed by atoms with Gasteiger partial charge in [-0.05, 0) is 67.4 Å². The van der Waals surface area contributed by atoms with Crippen molar-refractivity contribution in [2.75, 3.05) is 32.8 Å². The molecule has 2 N–H and O–H groups in total. The number of nitrogens with two attached hydrogens (primary N) is 1. The van der Waals surface area contributed by atoms with Crippen LogP contribution in [0.25, 0.3) is 6.08 Å². The van der Waals surface area contributed by atoms with E-state index < -0.39 is 0 Å². The van der Waals surface area contributed by atoms with Crippen molar-refractivity contribution in [2.24, 2.45) is 5.73 Å². The Balaban J connectivity index is 1.78. The van der Waals surface area contributed by atoms with Crippen LogP contribution in [0.2, 0.25) is 0 Å². The van der Waals surface area contributed by atoms with Crippen LogP contribution < -0.4 is 15.2 Å². The largest absolute Gasteiger partial charge is 0.494 e. The number of allylic oxidation sites excluding steroid dienone is 1. The standard InChI is InChI=1S/C28H31N3O3/c1-4-31-17-21(15-19-7-11-22(12-8-19)32-5-2)27-25(18-31)26(24(16-29)28(30)34-27)20-9-13-23(14-10-20)33-6-3/h7-15,26H,4-6,17-18,30H2,1-3H3/b21-15-. The number of likely N-dealkylation sites (N-methyl/N-ethyl adjacent to an activating group) is 1. The monoisotopic (exact) mass is 457 g/mol. The number of benzene rings is 2. The molecule has 2 aliphatic rings. The van der Waals surface area contributed by atoms with E-state index in [2.05, 4.69) is 24.0 Å². The molecule has 2 aliphatic heterocycles. The minimum absolute atomic E-state index is 0.169. The van der Waals surface area contributed by atoms with Gasteiger partial charge in [-0.2, -0.15) is 5.26 Å². The fraction of sp³-hybridized carbons (Fsp3) is 0.321. The summed E-state index contributed by atoms with van der Waals surface area (Å²) in [6, 6.07) is 18.2. The number of ether oxygens (including phenoxy) is 3. The highest BCUT2D eigenvalue weighted by atomic mass is 16.5. The second-order valence-electron chi connectivity index (χ2n) is 8.26. The van der Waals surface area contributed by atoms with E-state index in [1.807, 2.05) is 62.4 Å². The topological polar surface area (TPSA) is 80.7 Å². The highest BCUT2D eigenvalue weighted by molar-refractivity contribution is 5.63. The van der Waals surface area contributed by atoms with Gasteiger partial charge in [-0.25, -0.2) is 0 Å². The molecule has 0 radical (unpaired) electrons. The van der Waals surface area contributed by atoms with Gasteiger partial charge in [0.15, 0.2) is 0 Å². The summed E-state index contributed by atoms with van der Waals surface area (Å²) >= 11 is 0. The average Bonchev–Trinajstić information content (AvgIpc) is 2.85. The average molecular weight is 458 g/mol. The van der Waals surface area contributed by atoms with Crippen molar-refractivity contribution in [3.8, 4) is 17.6 Å². The van der Waals surface area contributed by atoms with Crippen molar-refractivity contribution < 1.29 is 14.2 Å². The molecule has 6 nitrogen and oxygen atoms in total. The Kier molecular flexibility index (Phi) is 7.24. The maximum absolute atomic E-state index is 9.96. The van der Waals surface area contributed by atoms with Gasteiger partial charge >= 0.3 is 0 Å². The first kappa shape index (κ1) is 23.5. The fourth-order valence-corrected chi connectivity index (χ4v) is 4.50. The SMILES string of the molecule is CCOc1ccc(/C=C2/CN(CC)CC3=C2OC(N)=C(C#N)C3c2ccc(OCC)cc2)cc1. The molecule has 0 aliphatic carbocycles. The summed E-state index contributed by atoms with van der Waals surface area (Å²) in [5, 5.41) is 9.96. The van der Waals surface area contributed by atoms with Crippen molar-refractivity contribution in [1.29, 1.82) is 5.26 Å². The van der Waals surface area contributed by atoms with Crippen molar-refractivity contribution in [3.63, 3.8) is 0 Å². The number of nitriles is 1. The molecule has 0 fully saturated rings. The molecule has 1 atom stereocenters. The van der Waals surface area contributed by atoms with E-state index in [4.69, 9.17) is 19.9 Å². The molecule has 2 aromatic rings. The molecule has 1 unspecified atom stereocenters. The maximum Gasteiger partial charge on any atom is 0.205 e. The molecule has 176 valence electrons. The third kappa shape index (κ3) is 4.80. The molecule has 0 aromatic heterocycles. The molecule has 0 bridgehead atoms. The van der Waals surface area contributed by atoms with Crippen LogP contribution in [0.15, 0.2) is 76.9 Å². The molecule has 4 rings (SSSR count). The molecule has 2 aromatic carbocycles. The quantitative estimate of drug-likeness (QED) is 0.633. The lowest BCUT2D eigenvalue weighted by atomic mass is 9.80. The van der Waals surface area contributed by atoms with Crippen LogP contribution in [0.3, 0.4) is 0 Å². The van der Waals surface area contributed by atoms with Crippen LogP contribution in [-0.2, 0) is 4.74 Å². The maximum atomic E-state index is 9.96. The summed E-state index contributed by atoms with van der Waals surface area (Å²) in [7, 11) is 0. The minimum Gasteiger partial charge on any atom is -0.494 e. The lowest BCUT2D eigenvalue weighted by molar-refractivity contribution is 0.239. The van der Waals surface area contributed by atoms with E-state index in [1.54, 1.807) is 0 Å². The summed E-state index contributed by atoms with van der Waals surface area (Å²) in [4.78, 5) is 2.35. The van der Waals surface area contributed by atoms with Gasteiger partial charge in [-0.3, -0.25) is 4.90 Å². The van der Waals surface area contributed by atoms with E-state index >= 15 is 0 Å². The predicted molar refractivity (Wildman–Crippen MR) is 133 cm³/mol. The zero-order valence-corrected chi connectivity index (χ0v) is 20.0. The van der Waals surface area contributed by atoms with Crippen LogP contribution >= 0.6 is 0 Å². The first-order chi connectivity index (χ1) is 16.6. The van der Waals surface area contributed by atoms with Gasteiger partial charge in [-0.15, -0.1) is 0 Å². The van der Waals surface area contributed by atoms with Crippen molar-refractivity contribution in [1.82, 2.24) is 4.90 Å². The van der Waals surface area contributed by atoms with Crippen LogP contribution in [0.5, 0.6) is 11.5 Å². The molecule has 0 saturated carbocycles. The van der Waals surface area contributed by atoms with Gasteiger partial charge < -0.3 is 19.9 Å². The van der Waals surface area contributed by atoms with Crippen LogP contribution in [0.1, 0.15) is 37.8 Å². The molecule has 0 spiro atoms. The van der Waals surface area contributed by atoms with Gasteiger partial charge in [0.05, 0.1) is 19.1 Å². The van der Waals surface area contributed by atoms with Crippen LogP contribution in [-0.4, -0.2) is 37.7 Å². The second kappa shape index (κ2) is 10.5. The lowest BCUT2D eigenvalue weighted by Crippen LogP contribution is -2.38. The number of hydrogen-bond donors (Lipinski definition) is 1. The van der Waals surface area contributed by atoms with E-state index in [0.717, 1.165) is 52.6 Å². The van der Waals surface area contributed by atoms with Gasteiger partial charge in [0, 0.05) is 18.7 Å². The highest BCUT2D eigenvalue weighted by Crippen LogP contribution is 2.44. The number of nitrogens with zero attached hydrogens (tertiary/aromatic N) is 2. The van der Waals surface area contributed by atoms with E-state index in [-0.39, 0.29) is 11.8 Å². The summed E-state index contributed by atoms with van der Waals surface area (Å²) in [5.74, 6) is 2.33. The number of rotatable bonds is 7. The van der Waals surface area contributed by atoms with Gasteiger partial charge in [0.1, 0.15) is 28.9 Å². The molecule has 34 heavy (non-hydrogen) atoms. The van der Waals surface area contributed by atoms with Crippen LogP contribution in [0, 0.1) is 11.3 Å². The molecular weight excluding hydrogens is 426 g/mol. The summed E-state index contributed by atoms with van der Waals surface area (Å²) in [5.41, 5.74) is 10.9. The zero-order chi connectivity index (χ0) is 24.1. The summed E-state index contributed by atoms with van der Waals surface area (Å²) in [6.45, 7) is 9.65.